The van der Waals surface area contributed by atoms with Crippen molar-refractivity contribution in [2.45, 2.75) is 42.9 Å². The van der Waals surface area contributed by atoms with Crippen LogP contribution in [-0.2, 0) is 27.4 Å². The number of hydrogen-bond donors (Lipinski definition) is 0. The minimum Gasteiger partial charge on any atom is -0.416 e. The summed E-state index contributed by atoms with van der Waals surface area (Å²) in [6.45, 7) is 5.93. The highest BCUT2D eigenvalue weighted by Gasteiger charge is 2.35. The molecule has 0 aliphatic carbocycles. The Bertz CT molecular complexity index is 1300. The Morgan fingerprint density at radius 2 is 1.86 bits per heavy atom. The lowest BCUT2D eigenvalue weighted by Crippen LogP contribution is -2.45. The Labute approximate surface area is 210 Å². The van der Waals surface area contributed by atoms with E-state index in [2.05, 4.69) is 0 Å². The number of thiophene rings is 1. The normalized spacial score (nSPS) is 12.9. The number of nitro benzene ring substituents is 1. The van der Waals surface area contributed by atoms with Gasteiger partial charge in [0.15, 0.2) is 8.32 Å². The van der Waals surface area contributed by atoms with Crippen LogP contribution in [0.1, 0.15) is 16.7 Å². The summed E-state index contributed by atoms with van der Waals surface area (Å²) in [5.74, 6) is 0. The molecule has 0 saturated heterocycles. The van der Waals surface area contributed by atoms with E-state index < -0.39 is 29.3 Å². The topological polar surface area (TPSA) is 114 Å². The molecule has 0 N–H and O–H groups in total. The fraction of sp³-hybridized carbons (Fsp3) is 0.292. The summed E-state index contributed by atoms with van der Waals surface area (Å²) in [7, 11) is -6.04. The van der Waals surface area contributed by atoms with Gasteiger partial charge in [0.05, 0.1) is 29.2 Å². The number of nitriles is 1. The maximum atomic E-state index is 13.8. The molecule has 1 aromatic heterocycles. The van der Waals surface area contributed by atoms with Gasteiger partial charge < -0.3 is 4.43 Å². The zero-order valence-electron chi connectivity index (χ0n) is 19.7. The quantitative estimate of drug-likeness (QED) is 0.192. The second kappa shape index (κ2) is 11.2. The van der Waals surface area contributed by atoms with Crippen molar-refractivity contribution in [3.05, 3.63) is 92.8 Å². The lowest BCUT2D eigenvalue weighted by atomic mass is 10.1. The van der Waals surface area contributed by atoms with Gasteiger partial charge in [-0.1, -0.05) is 36.4 Å². The van der Waals surface area contributed by atoms with Gasteiger partial charge in [-0.05, 0) is 55.2 Å². The van der Waals surface area contributed by atoms with E-state index in [1.807, 2.05) is 56.0 Å². The van der Waals surface area contributed by atoms with Crippen LogP contribution in [0.25, 0.3) is 0 Å². The number of nitro groups is 1. The highest BCUT2D eigenvalue weighted by molar-refractivity contribution is 7.91. The van der Waals surface area contributed by atoms with Crippen molar-refractivity contribution in [3.63, 3.8) is 0 Å². The van der Waals surface area contributed by atoms with Gasteiger partial charge in [-0.25, -0.2) is 8.42 Å². The third-order valence-electron chi connectivity index (χ3n) is 5.22. The first-order valence-electron chi connectivity index (χ1n) is 10.9. The number of nitrogens with zero attached hydrogens (tertiary/aromatic N) is 3. The first-order chi connectivity index (χ1) is 16.5. The molecule has 11 heteroatoms. The van der Waals surface area contributed by atoms with E-state index in [1.165, 1.54) is 28.6 Å². The molecule has 0 saturated carbocycles. The predicted molar refractivity (Wildman–Crippen MR) is 138 cm³/mol. The molecule has 35 heavy (non-hydrogen) atoms. The van der Waals surface area contributed by atoms with Crippen LogP contribution >= 0.6 is 11.3 Å². The van der Waals surface area contributed by atoms with Gasteiger partial charge in [-0.3, -0.25) is 10.1 Å². The molecule has 0 aliphatic heterocycles. The summed E-state index contributed by atoms with van der Waals surface area (Å²) in [6.07, 6.45) is 0.363. The van der Waals surface area contributed by atoms with Crippen LogP contribution in [-0.4, -0.2) is 38.6 Å². The summed E-state index contributed by atoms with van der Waals surface area (Å²) in [6, 6.07) is 18.0. The van der Waals surface area contributed by atoms with Crippen LogP contribution < -0.4 is 0 Å². The minimum atomic E-state index is -4.02. The highest BCUT2D eigenvalue weighted by atomic mass is 32.2. The molecule has 3 aromatic rings. The van der Waals surface area contributed by atoms with E-state index in [1.54, 1.807) is 11.4 Å². The molecule has 0 amide bonds. The fourth-order valence-electron chi connectivity index (χ4n) is 3.54. The molecule has 1 unspecified atom stereocenters. The number of hydrogen-bond acceptors (Lipinski definition) is 7. The van der Waals surface area contributed by atoms with E-state index in [0.29, 0.717) is 6.42 Å². The van der Waals surface area contributed by atoms with Crippen molar-refractivity contribution in [1.82, 2.24) is 4.31 Å². The van der Waals surface area contributed by atoms with Crippen molar-refractivity contribution >= 4 is 35.4 Å². The molecule has 0 aliphatic rings. The largest absolute Gasteiger partial charge is 0.416 e. The molecule has 0 radical (unpaired) electrons. The second-order valence-corrected chi connectivity index (χ2v) is 16.5. The third-order valence-corrected chi connectivity index (χ3v) is 9.52. The van der Waals surface area contributed by atoms with E-state index in [-0.39, 0.29) is 34.2 Å². The molecule has 8 nitrogen and oxygen atoms in total. The number of sulfonamides is 1. The zero-order valence-corrected chi connectivity index (χ0v) is 22.4. The van der Waals surface area contributed by atoms with Gasteiger partial charge in [0.1, 0.15) is 4.21 Å². The monoisotopic (exact) mass is 529 g/mol. The SMILES string of the molecule is C[Si](C)(C)OCC(Cc1ccccc1)N(Cc1cc(C#N)ccc1[N+](=O)[O-])S(=O)(=O)c1cccs1. The third kappa shape index (κ3) is 7.06. The average Bonchev–Trinajstić information content (AvgIpc) is 3.36. The van der Waals surface area contributed by atoms with Crippen molar-refractivity contribution in [2.24, 2.45) is 0 Å². The van der Waals surface area contributed by atoms with Gasteiger partial charge in [0.25, 0.3) is 15.7 Å². The van der Waals surface area contributed by atoms with Crippen molar-refractivity contribution in [3.8, 4) is 6.07 Å². The molecular formula is C24H27N3O5S2Si. The lowest BCUT2D eigenvalue weighted by molar-refractivity contribution is -0.385. The molecule has 3 rings (SSSR count). The molecule has 1 heterocycles. The van der Waals surface area contributed by atoms with Gasteiger partial charge in [0.2, 0.25) is 0 Å². The van der Waals surface area contributed by atoms with Crippen LogP contribution in [0.3, 0.4) is 0 Å². The van der Waals surface area contributed by atoms with Crippen molar-refractivity contribution in [2.75, 3.05) is 6.61 Å². The van der Waals surface area contributed by atoms with E-state index >= 15 is 0 Å². The summed E-state index contributed by atoms with van der Waals surface area (Å²) in [5.41, 5.74) is 1.06. The van der Waals surface area contributed by atoms with Crippen molar-refractivity contribution in [1.29, 1.82) is 5.26 Å². The summed E-state index contributed by atoms with van der Waals surface area (Å²) in [5, 5.41) is 22.8. The van der Waals surface area contributed by atoms with E-state index in [9.17, 15) is 23.8 Å². The van der Waals surface area contributed by atoms with Crippen LogP contribution in [0, 0.1) is 21.4 Å². The first kappa shape index (κ1) is 26.7. The molecule has 1 atom stereocenters. The smallest absolute Gasteiger partial charge is 0.274 e. The van der Waals surface area contributed by atoms with Gasteiger partial charge in [-0.2, -0.15) is 9.57 Å². The maximum Gasteiger partial charge on any atom is 0.274 e. The predicted octanol–water partition coefficient (Wildman–Crippen LogP) is 5.18. The summed E-state index contributed by atoms with van der Waals surface area (Å²) in [4.78, 5) is 11.2. The Balaban J connectivity index is 2.13. The minimum absolute atomic E-state index is 0.140. The van der Waals surface area contributed by atoms with Crippen LogP contribution in [0.5, 0.6) is 0 Å². The van der Waals surface area contributed by atoms with Crippen LogP contribution in [0.2, 0.25) is 19.6 Å². The number of benzene rings is 2. The first-order valence-corrected chi connectivity index (χ1v) is 16.6. The molecule has 184 valence electrons. The zero-order chi connectivity index (χ0) is 25.6. The Hall–Kier alpha value is -2.88. The van der Waals surface area contributed by atoms with Crippen LogP contribution in [0.15, 0.2) is 70.3 Å². The Morgan fingerprint density at radius 1 is 1.14 bits per heavy atom. The van der Waals surface area contributed by atoms with Gasteiger partial charge in [0, 0.05) is 18.2 Å². The molecule has 0 spiro atoms. The molecule has 0 bridgehead atoms. The standard InChI is InChI=1S/C24H27N3O5S2Si/c1-35(2,3)32-18-22(15-19-8-5-4-6-9-19)26(34(30,31)24-10-7-13-33-24)17-21-14-20(16-25)11-12-23(21)27(28)29/h4-14,22H,15,17-18H2,1-3H3. The highest BCUT2D eigenvalue weighted by Crippen LogP contribution is 2.30. The fourth-order valence-corrected chi connectivity index (χ4v) is 6.94. The molecule has 0 fully saturated rings. The van der Waals surface area contributed by atoms with Gasteiger partial charge >= 0.3 is 0 Å². The molecule has 2 aromatic carbocycles. The summed E-state index contributed by atoms with van der Waals surface area (Å²) < 4.78 is 35.3. The second-order valence-electron chi connectivity index (χ2n) is 8.96. The maximum absolute atomic E-state index is 13.8. The van der Waals surface area contributed by atoms with Crippen molar-refractivity contribution < 1.29 is 17.8 Å². The van der Waals surface area contributed by atoms with E-state index in [4.69, 9.17) is 4.43 Å². The van der Waals surface area contributed by atoms with Gasteiger partial charge in [-0.15, -0.1) is 11.3 Å². The van der Waals surface area contributed by atoms with Crippen LogP contribution in [0.4, 0.5) is 5.69 Å². The molecular weight excluding hydrogens is 503 g/mol. The Kier molecular flexibility index (Phi) is 8.58. The summed E-state index contributed by atoms with van der Waals surface area (Å²) >= 11 is 1.09. The van der Waals surface area contributed by atoms with E-state index in [0.717, 1.165) is 16.9 Å². The number of rotatable bonds is 11. The lowest BCUT2D eigenvalue weighted by Gasteiger charge is -2.32. The average molecular weight is 530 g/mol. The Morgan fingerprint density at radius 3 is 2.43 bits per heavy atom.